The number of hydrogen-bond acceptors (Lipinski definition) is 4. The lowest BCUT2D eigenvalue weighted by Crippen LogP contribution is -2.29. The maximum Gasteiger partial charge on any atom is 0.119 e. The van der Waals surface area contributed by atoms with Gasteiger partial charge in [0.1, 0.15) is 11.9 Å². The van der Waals surface area contributed by atoms with Gasteiger partial charge in [-0.3, -0.25) is 0 Å². The number of benzene rings is 1. The SMILES string of the molecule is CNCC(O)C(O)c1cc(OC)ccc1C. The molecule has 1 aromatic carbocycles. The van der Waals surface area contributed by atoms with Crippen LogP contribution in [0.25, 0.3) is 0 Å². The normalized spacial score (nSPS) is 14.6. The van der Waals surface area contributed by atoms with E-state index in [0.29, 0.717) is 17.9 Å². The minimum absolute atomic E-state index is 0.345. The molecule has 0 radical (unpaired) electrons. The van der Waals surface area contributed by atoms with Crippen LogP contribution in [0.15, 0.2) is 18.2 Å². The quantitative estimate of drug-likeness (QED) is 0.687. The molecule has 0 saturated carbocycles. The maximum atomic E-state index is 9.98. The van der Waals surface area contributed by atoms with Crippen molar-refractivity contribution in [2.45, 2.75) is 19.1 Å². The number of aryl methyl sites for hydroxylation is 1. The van der Waals surface area contributed by atoms with Crippen molar-refractivity contribution in [2.24, 2.45) is 0 Å². The second kappa shape index (κ2) is 5.84. The van der Waals surface area contributed by atoms with Gasteiger partial charge in [-0.15, -0.1) is 0 Å². The molecule has 1 aromatic rings. The first-order chi connectivity index (χ1) is 7.60. The molecule has 0 aromatic heterocycles. The minimum atomic E-state index is -0.900. The molecule has 0 bridgehead atoms. The van der Waals surface area contributed by atoms with Crippen LogP contribution in [0.3, 0.4) is 0 Å². The van der Waals surface area contributed by atoms with Gasteiger partial charge in [-0.25, -0.2) is 0 Å². The zero-order valence-corrected chi connectivity index (χ0v) is 9.90. The summed E-state index contributed by atoms with van der Waals surface area (Å²) in [6.45, 7) is 2.24. The van der Waals surface area contributed by atoms with E-state index in [9.17, 15) is 10.2 Å². The Morgan fingerprint density at radius 2 is 2.06 bits per heavy atom. The molecule has 0 saturated heterocycles. The smallest absolute Gasteiger partial charge is 0.119 e. The van der Waals surface area contributed by atoms with Crippen molar-refractivity contribution in [1.29, 1.82) is 0 Å². The summed E-state index contributed by atoms with van der Waals surface area (Å²) in [6, 6.07) is 5.44. The van der Waals surface area contributed by atoms with Gasteiger partial charge in [0.2, 0.25) is 0 Å². The van der Waals surface area contributed by atoms with Gasteiger partial charge in [0.05, 0.1) is 13.2 Å². The second-order valence-electron chi connectivity index (χ2n) is 3.79. The molecule has 0 amide bonds. The second-order valence-corrected chi connectivity index (χ2v) is 3.79. The Hall–Kier alpha value is -1.10. The average Bonchev–Trinajstić information content (AvgIpc) is 2.29. The van der Waals surface area contributed by atoms with Gasteiger partial charge in [0.25, 0.3) is 0 Å². The molecule has 2 atom stereocenters. The fourth-order valence-corrected chi connectivity index (χ4v) is 1.59. The molecule has 0 heterocycles. The summed E-state index contributed by atoms with van der Waals surface area (Å²) in [5, 5.41) is 22.5. The van der Waals surface area contributed by atoms with Crippen molar-refractivity contribution in [1.82, 2.24) is 5.32 Å². The zero-order valence-electron chi connectivity index (χ0n) is 9.90. The first-order valence-corrected chi connectivity index (χ1v) is 5.25. The van der Waals surface area contributed by atoms with E-state index < -0.39 is 12.2 Å². The number of hydrogen-bond donors (Lipinski definition) is 3. The van der Waals surface area contributed by atoms with Gasteiger partial charge >= 0.3 is 0 Å². The van der Waals surface area contributed by atoms with Crippen molar-refractivity contribution < 1.29 is 14.9 Å². The Morgan fingerprint density at radius 1 is 1.38 bits per heavy atom. The number of aliphatic hydroxyl groups is 2. The lowest BCUT2D eigenvalue weighted by atomic mass is 9.99. The van der Waals surface area contributed by atoms with Crippen molar-refractivity contribution in [3.8, 4) is 5.75 Å². The number of ether oxygens (including phenoxy) is 1. The van der Waals surface area contributed by atoms with Crippen LogP contribution in [0, 0.1) is 6.92 Å². The maximum absolute atomic E-state index is 9.98. The van der Waals surface area contributed by atoms with Gasteiger partial charge < -0.3 is 20.3 Å². The monoisotopic (exact) mass is 225 g/mol. The fourth-order valence-electron chi connectivity index (χ4n) is 1.59. The predicted molar refractivity (Wildman–Crippen MR) is 62.6 cm³/mol. The highest BCUT2D eigenvalue weighted by molar-refractivity contribution is 5.36. The molecule has 90 valence electrons. The van der Waals surface area contributed by atoms with Crippen LogP contribution < -0.4 is 10.1 Å². The van der Waals surface area contributed by atoms with Crippen LogP contribution in [-0.2, 0) is 0 Å². The van der Waals surface area contributed by atoms with Gasteiger partial charge in [0, 0.05) is 6.54 Å². The van der Waals surface area contributed by atoms with E-state index in [-0.39, 0.29) is 0 Å². The first kappa shape index (κ1) is 13.0. The van der Waals surface area contributed by atoms with Crippen molar-refractivity contribution in [2.75, 3.05) is 20.7 Å². The van der Waals surface area contributed by atoms with Gasteiger partial charge in [0.15, 0.2) is 0 Å². The highest BCUT2D eigenvalue weighted by Crippen LogP contribution is 2.25. The molecule has 0 aliphatic heterocycles. The van der Waals surface area contributed by atoms with Crippen LogP contribution in [0.2, 0.25) is 0 Å². The van der Waals surface area contributed by atoms with Crippen LogP contribution in [0.4, 0.5) is 0 Å². The third-order valence-electron chi connectivity index (χ3n) is 2.58. The summed E-state index contributed by atoms with van der Waals surface area (Å²) in [4.78, 5) is 0. The molecule has 2 unspecified atom stereocenters. The molecule has 0 aliphatic carbocycles. The molecule has 3 N–H and O–H groups in total. The van der Waals surface area contributed by atoms with Crippen LogP contribution in [0.1, 0.15) is 17.2 Å². The van der Waals surface area contributed by atoms with Crippen LogP contribution >= 0.6 is 0 Å². The molecule has 16 heavy (non-hydrogen) atoms. The average molecular weight is 225 g/mol. The van der Waals surface area contributed by atoms with E-state index in [1.807, 2.05) is 19.1 Å². The topological polar surface area (TPSA) is 61.7 Å². The summed E-state index contributed by atoms with van der Waals surface area (Å²) in [7, 11) is 3.30. The van der Waals surface area contributed by atoms with Gasteiger partial charge in [-0.05, 0) is 37.2 Å². The Kier molecular flexibility index (Phi) is 4.73. The Balaban J connectivity index is 2.92. The standard InChI is InChI=1S/C12H19NO3/c1-8-4-5-9(16-3)6-10(8)12(15)11(14)7-13-2/h4-6,11-15H,7H2,1-3H3. The van der Waals surface area contributed by atoms with Crippen molar-refractivity contribution >= 4 is 0 Å². The number of rotatable bonds is 5. The molecular weight excluding hydrogens is 206 g/mol. The third kappa shape index (κ3) is 2.95. The van der Waals surface area contributed by atoms with Gasteiger partial charge in [-0.2, -0.15) is 0 Å². The highest BCUT2D eigenvalue weighted by Gasteiger charge is 2.19. The summed E-state index contributed by atoms with van der Waals surface area (Å²) in [5.41, 5.74) is 1.63. The van der Waals surface area contributed by atoms with Gasteiger partial charge in [-0.1, -0.05) is 6.07 Å². The van der Waals surface area contributed by atoms with Crippen molar-refractivity contribution in [3.05, 3.63) is 29.3 Å². The molecule has 0 fully saturated rings. The summed E-state index contributed by atoms with van der Waals surface area (Å²) in [5.74, 6) is 0.677. The Bertz CT molecular complexity index is 341. The molecule has 0 aliphatic rings. The summed E-state index contributed by atoms with van der Waals surface area (Å²) in [6.07, 6.45) is -1.72. The van der Waals surface area contributed by atoms with E-state index in [1.54, 1.807) is 20.2 Å². The Labute approximate surface area is 95.9 Å². The largest absolute Gasteiger partial charge is 0.497 e. The lowest BCUT2D eigenvalue weighted by molar-refractivity contribution is 0.0197. The predicted octanol–water partition coefficient (Wildman–Crippen LogP) is 0.617. The van der Waals surface area contributed by atoms with Crippen molar-refractivity contribution in [3.63, 3.8) is 0 Å². The number of likely N-dealkylation sites (N-methyl/N-ethyl adjacent to an activating group) is 1. The summed E-state index contributed by atoms with van der Waals surface area (Å²) >= 11 is 0. The van der Waals surface area contributed by atoms with Crippen LogP contribution in [-0.4, -0.2) is 37.0 Å². The molecular formula is C12H19NO3. The molecule has 0 spiro atoms. The highest BCUT2D eigenvalue weighted by atomic mass is 16.5. The van der Waals surface area contributed by atoms with E-state index in [0.717, 1.165) is 5.56 Å². The minimum Gasteiger partial charge on any atom is -0.497 e. The van der Waals surface area contributed by atoms with E-state index in [1.165, 1.54) is 0 Å². The van der Waals surface area contributed by atoms with Crippen LogP contribution in [0.5, 0.6) is 5.75 Å². The third-order valence-corrected chi connectivity index (χ3v) is 2.58. The van der Waals surface area contributed by atoms with E-state index in [2.05, 4.69) is 5.32 Å². The molecule has 1 rings (SSSR count). The summed E-state index contributed by atoms with van der Waals surface area (Å²) < 4.78 is 5.09. The van der Waals surface area contributed by atoms with E-state index in [4.69, 9.17) is 4.74 Å². The first-order valence-electron chi connectivity index (χ1n) is 5.25. The molecule has 4 heteroatoms. The zero-order chi connectivity index (χ0) is 12.1. The van der Waals surface area contributed by atoms with E-state index >= 15 is 0 Å². The number of aliphatic hydroxyl groups excluding tert-OH is 2. The number of nitrogens with one attached hydrogen (secondary N) is 1. The fraction of sp³-hybridized carbons (Fsp3) is 0.500. The Morgan fingerprint density at radius 3 is 2.62 bits per heavy atom. The number of methoxy groups -OCH3 is 1. The molecule has 4 nitrogen and oxygen atoms in total. The lowest BCUT2D eigenvalue weighted by Gasteiger charge is -2.20.